The van der Waals surface area contributed by atoms with Crippen LogP contribution in [-0.4, -0.2) is 47.7 Å². The van der Waals surface area contributed by atoms with E-state index in [1.165, 1.54) is 4.90 Å². The molecule has 0 spiro atoms. The number of likely N-dealkylation sites (N-methyl/N-ethyl adjacent to an activating group) is 1. The van der Waals surface area contributed by atoms with Crippen LogP contribution < -0.4 is 4.74 Å². The summed E-state index contributed by atoms with van der Waals surface area (Å²) in [7, 11) is 3.24. The van der Waals surface area contributed by atoms with Gasteiger partial charge in [-0.2, -0.15) is 0 Å². The second-order valence-corrected chi connectivity index (χ2v) is 8.93. The number of fused-ring (bicyclic) bond motifs is 1. The number of ether oxygens (including phenoxy) is 1. The smallest absolute Gasteiger partial charge is 0.245 e. The van der Waals surface area contributed by atoms with Crippen LogP contribution in [0.15, 0.2) is 30.4 Å². The fraction of sp³-hybridized carbons (Fsp3) is 0.522. The molecule has 0 radical (unpaired) electrons. The SMILES string of the molecule is COc1ccc(Cl)cc1CN(C)C(=O)C(CC(C)C)N1C(=O)C2CC=CCC2C1=O. The van der Waals surface area contributed by atoms with Gasteiger partial charge in [0.25, 0.3) is 0 Å². The summed E-state index contributed by atoms with van der Waals surface area (Å²) in [4.78, 5) is 42.4. The second kappa shape index (κ2) is 9.21. The molecule has 1 aliphatic carbocycles. The highest BCUT2D eigenvalue weighted by molar-refractivity contribution is 6.30. The van der Waals surface area contributed by atoms with Gasteiger partial charge in [0.15, 0.2) is 0 Å². The Morgan fingerprint density at radius 1 is 1.20 bits per heavy atom. The normalized spacial score (nSPS) is 21.7. The molecule has 7 heteroatoms. The van der Waals surface area contributed by atoms with Gasteiger partial charge in [0.05, 0.1) is 18.9 Å². The number of carbonyl (C=O) groups is 3. The molecule has 1 aliphatic heterocycles. The van der Waals surface area contributed by atoms with Crippen molar-refractivity contribution >= 4 is 29.3 Å². The second-order valence-electron chi connectivity index (χ2n) is 8.50. The summed E-state index contributed by atoms with van der Waals surface area (Å²) in [5, 5.41) is 0.548. The van der Waals surface area contributed by atoms with E-state index >= 15 is 0 Å². The lowest BCUT2D eigenvalue weighted by molar-refractivity contribution is -0.152. The number of nitrogens with zero attached hydrogens (tertiary/aromatic N) is 2. The molecule has 162 valence electrons. The van der Waals surface area contributed by atoms with Crippen molar-refractivity contribution in [3.8, 4) is 5.75 Å². The zero-order valence-corrected chi connectivity index (χ0v) is 18.7. The Bertz CT molecular complexity index is 841. The molecule has 0 aromatic heterocycles. The molecule has 0 bridgehead atoms. The van der Waals surface area contributed by atoms with Crippen LogP contribution in [0.2, 0.25) is 5.02 Å². The minimum Gasteiger partial charge on any atom is -0.496 e. The third-order valence-electron chi connectivity index (χ3n) is 5.86. The Balaban J connectivity index is 1.85. The Labute approximate surface area is 182 Å². The van der Waals surface area contributed by atoms with Gasteiger partial charge in [-0.3, -0.25) is 19.3 Å². The summed E-state index contributed by atoms with van der Waals surface area (Å²) < 4.78 is 5.38. The zero-order chi connectivity index (χ0) is 22.0. The molecule has 0 N–H and O–H groups in total. The van der Waals surface area contributed by atoms with Crippen molar-refractivity contribution in [2.24, 2.45) is 17.8 Å². The van der Waals surface area contributed by atoms with Crippen molar-refractivity contribution in [1.29, 1.82) is 0 Å². The topological polar surface area (TPSA) is 66.9 Å². The summed E-state index contributed by atoms with van der Waals surface area (Å²) >= 11 is 6.12. The number of amides is 3. The molecule has 30 heavy (non-hydrogen) atoms. The molecule has 6 nitrogen and oxygen atoms in total. The predicted octanol–water partition coefficient (Wildman–Crippen LogP) is 3.67. The van der Waals surface area contributed by atoms with Crippen LogP contribution >= 0.6 is 11.6 Å². The fourth-order valence-corrected chi connectivity index (χ4v) is 4.55. The van der Waals surface area contributed by atoms with Gasteiger partial charge in [-0.05, 0) is 43.4 Å². The van der Waals surface area contributed by atoms with E-state index in [2.05, 4.69) is 0 Å². The quantitative estimate of drug-likeness (QED) is 0.487. The van der Waals surface area contributed by atoms with Crippen molar-refractivity contribution < 1.29 is 19.1 Å². The Morgan fingerprint density at radius 3 is 2.33 bits per heavy atom. The number of benzene rings is 1. The van der Waals surface area contributed by atoms with E-state index in [0.717, 1.165) is 5.56 Å². The van der Waals surface area contributed by atoms with Crippen molar-refractivity contribution in [3.05, 3.63) is 40.9 Å². The fourth-order valence-electron chi connectivity index (χ4n) is 4.35. The first kappa shape index (κ1) is 22.3. The average molecular weight is 433 g/mol. The van der Waals surface area contributed by atoms with Crippen molar-refractivity contribution in [2.75, 3.05) is 14.2 Å². The molecule has 3 atom stereocenters. The highest BCUT2D eigenvalue weighted by Gasteiger charge is 2.51. The number of likely N-dealkylation sites (tertiary alicyclic amines) is 1. The third kappa shape index (κ3) is 4.38. The van der Waals surface area contributed by atoms with Crippen molar-refractivity contribution in [2.45, 2.75) is 45.7 Å². The number of rotatable bonds is 7. The standard InChI is InChI=1S/C23H29ClN2O4/c1-14(2)11-19(26-21(27)17-7-5-6-8-18(17)22(26)28)23(29)25(3)13-15-12-16(24)9-10-20(15)30-4/h5-6,9-10,12,14,17-19H,7-8,11,13H2,1-4H3. The Hall–Kier alpha value is -2.34. The van der Waals surface area contributed by atoms with Gasteiger partial charge >= 0.3 is 0 Å². The number of imide groups is 1. The van der Waals surface area contributed by atoms with E-state index < -0.39 is 6.04 Å². The van der Waals surface area contributed by atoms with Crippen molar-refractivity contribution in [3.63, 3.8) is 0 Å². The molecular weight excluding hydrogens is 404 g/mol. The monoisotopic (exact) mass is 432 g/mol. The molecule has 1 aromatic carbocycles. The third-order valence-corrected chi connectivity index (χ3v) is 6.09. The van der Waals surface area contributed by atoms with E-state index in [4.69, 9.17) is 16.3 Å². The summed E-state index contributed by atoms with van der Waals surface area (Å²) in [5.74, 6) is -0.603. The van der Waals surface area contributed by atoms with Gasteiger partial charge in [0.2, 0.25) is 17.7 Å². The first-order valence-electron chi connectivity index (χ1n) is 10.3. The van der Waals surface area contributed by atoms with Gasteiger partial charge in [0, 0.05) is 24.2 Å². The van der Waals surface area contributed by atoms with Crippen LogP contribution in [0.1, 0.15) is 38.7 Å². The Kier molecular flexibility index (Phi) is 6.86. The number of hydrogen-bond donors (Lipinski definition) is 0. The van der Waals surface area contributed by atoms with Gasteiger partial charge in [0.1, 0.15) is 11.8 Å². The van der Waals surface area contributed by atoms with Gasteiger partial charge in [-0.25, -0.2) is 0 Å². The lowest BCUT2D eigenvalue weighted by Crippen LogP contribution is -2.50. The van der Waals surface area contributed by atoms with Gasteiger partial charge < -0.3 is 9.64 Å². The Morgan fingerprint density at radius 2 is 1.80 bits per heavy atom. The molecule has 0 saturated carbocycles. The lowest BCUT2D eigenvalue weighted by atomic mass is 9.85. The van der Waals surface area contributed by atoms with Crippen LogP contribution in [0.4, 0.5) is 0 Å². The molecule has 3 rings (SSSR count). The van der Waals surface area contributed by atoms with E-state index in [1.54, 1.807) is 37.3 Å². The van der Waals surface area contributed by atoms with Crippen LogP contribution in [-0.2, 0) is 20.9 Å². The molecule has 1 heterocycles. The maximum atomic E-state index is 13.4. The van der Waals surface area contributed by atoms with Gasteiger partial charge in [-0.15, -0.1) is 0 Å². The number of methoxy groups -OCH3 is 1. The van der Waals surface area contributed by atoms with E-state index in [1.807, 2.05) is 26.0 Å². The largest absolute Gasteiger partial charge is 0.496 e. The zero-order valence-electron chi connectivity index (χ0n) is 17.9. The number of carbonyl (C=O) groups excluding carboxylic acids is 3. The lowest BCUT2D eigenvalue weighted by Gasteiger charge is -2.31. The predicted molar refractivity (Wildman–Crippen MR) is 115 cm³/mol. The van der Waals surface area contributed by atoms with E-state index in [-0.39, 0.29) is 42.0 Å². The number of halogens is 1. The van der Waals surface area contributed by atoms with E-state index in [0.29, 0.717) is 30.0 Å². The highest BCUT2D eigenvalue weighted by atomic mass is 35.5. The number of hydrogen-bond acceptors (Lipinski definition) is 4. The molecule has 3 unspecified atom stereocenters. The minimum absolute atomic E-state index is 0.148. The molecule has 1 saturated heterocycles. The average Bonchev–Trinajstić information content (AvgIpc) is 2.96. The van der Waals surface area contributed by atoms with Gasteiger partial charge in [-0.1, -0.05) is 37.6 Å². The summed E-state index contributed by atoms with van der Waals surface area (Å²) in [6.07, 6.45) is 5.45. The first-order chi connectivity index (χ1) is 14.2. The minimum atomic E-state index is -0.800. The molecular formula is C23H29ClN2O4. The number of allylic oxidation sites excluding steroid dienone is 2. The summed E-state index contributed by atoms with van der Waals surface area (Å²) in [6.45, 7) is 4.24. The molecule has 3 amide bonds. The summed E-state index contributed by atoms with van der Waals surface area (Å²) in [6, 6.07) is 4.44. The van der Waals surface area contributed by atoms with Crippen LogP contribution in [0.3, 0.4) is 0 Å². The molecule has 2 aliphatic rings. The highest BCUT2D eigenvalue weighted by Crippen LogP contribution is 2.37. The maximum absolute atomic E-state index is 13.4. The van der Waals surface area contributed by atoms with Crippen molar-refractivity contribution in [1.82, 2.24) is 9.80 Å². The van der Waals surface area contributed by atoms with E-state index in [9.17, 15) is 14.4 Å². The molecule has 1 aromatic rings. The van der Waals surface area contributed by atoms with Crippen LogP contribution in [0.5, 0.6) is 5.75 Å². The first-order valence-corrected chi connectivity index (χ1v) is 10.7. The molecule has 1 fully saturated rings. The van der Waals surface area contributed by atoms with Crippen LogP contribution in [0.25, 0.3) is 0 Å². The summed E-state index contributed by atoms with van der Waals surface area (Å²) in [5.41, 5.74) is 0.765. The maximum Gasteiger partial charge on any atom is 0.245 e. The van der Waals surface area contributed by atoms with Crippen LogP contribution in [0, 0.1) is 17.8 Å².